The summed E-state index contributed by atoms with van der Waals surface area (Å²) in [5, 5.41) is 0. The van der Waals surface area contributed by atoms with Gasteiger partial charge < -0.3 is 10.6 Å². The molecule has 0 saturated carbocycles. The maximum absolute atomic E-state index is 12.1. The summed E-state index contributed by atoms with van der Waals surface area (Å²) in [6.07, 6.45) is 0. The number of ketones is 1. The van der Waals surface area contributed by atoms with E-state index in [2.05, 4.69) is 32.6 Å². The lowest BCUT2D eigenvalue weighted by atomic mass is 10.1. The largest absolute Gasteiger partial charge is 0.399 e. The van der Waals surface area contributed by atoms with Crippen LogP contribution in [0.15, 0.2) is 18.2 Å². The first kappa shape index (κ1) is 15.5. The summed E-state index contributed by atoms with van der Waals surface area (Å²) in [5.74, 6) is -0.916. The van der Waals surface area contributed by atoms with E-state index in [0.717, 1.165) is 6.54 Å². The van der Waals surface area contributed by atoms with Gasteiger partial charge in [0.25, 0.3) is 11.7 Å². The number of benzene rings is 1. The summed E-state index contributed by atoms with van der Waals surface area (Å²) in [4.78, 5) is 28.0. The molecule has 5 nitrogen and oxygen atoms in total. The molecule has 2 rings (SSSR count). The van der Waals surface area contributed by atoms with Gasteiger partial charge in [-0.1, -0.05) is 0 Å². The normalized spacial score (nSPS) is 14.7. The first-order valence-electron chi connectivity index (χ1n) is 7.34. The number of rotatable bonds is 5. The van der Waals surface area contributed by atoms with Crippen LogP contribution in [-0.2, 0) is 4.79 Å². The average Bonchev–Trinajstić information content (AvgIpc) is 2.63. The van der Waals surface area contributed by atoms with Crippen molar-refractivity contribution in [3.8, 4) is 0 Å². The molecule has 0 aromatic heterocycles. The second kappa shape index (κ2) is 5.85. The SMILES string of the molecule is CC(C)N(CCN1C(=O)C(=O)c2cc(N)ccc21)C(C)C. The van der Waals surface area contributed by atoms with Crippen molar-refractivity contribution in [3.63, 3.8) is 0 Å². The van der Waals surface area contributed by atoms with E-state index in [1.54, 1.807) is 23.1 Å². The van der Waals surface area contributed by atoms with E-state index in [9.17, 15) is 9.59 Å². The van der Waals surface area contributed by atoms with Gasteiger partial charge in [-0.2, -0.15) is 0 Å². The van der Waals surface area contributed by atoms with Crippen molar-refractivity contribution in [2.45, 2.75) is 39.8 Å². The summed E-state index contributed by atoms with van der Waals surface area (Å²) in [6, 6.07) is 5.84. The van der Waals surface area contributed by atoms with Gasteiger partial charge in [-0.25, -0.2) is 0 Å². The van der Waals surface area contributed by atoms with E-state index in [-0.39, 0.29) is 0 Å². The standard InChI is InChI=1S/C16H23N3O2/c1-10(2)18(11(3)4)7-8-19-14-6-5-12(17)9-13(14)15(20)16(19)21/h5-6,9-11H,7-8,17H2,1-4H3. The molecule has 1 aliphatic heterocycles. The number of carbonyl (C=O) groups is 2. The lowest BCUT2D eigenvalue weighted by molar-refractivity contribution is -0.114. The molecule has 0 spiro atoms. The first-order valence-corrected chi connectivity index (χ1v) is 7.34. The third-order valence-electron chi connectivity index (χ3n) is 3.90. The van der Waals surface area contributed by atoms with E-state index in [1.807, 2.05) is 0 Å². The molecule has 1 aromatic rings. The third kappa shape index (κ3) is 2.93. The number of nitrogens with two attached hydrogens (primary N) is 1. The Balaban J connectivity index is 2.19. The highest BCUT2D eigenvalue weighted by Gasteiger charge is 2.35. The number of hydrogen-bond donors (Lipinski definition) is 1. The quantitative estimate of drug-likeness (QED) is 0.664. The molecule has 5 heteroatoms. The van der Waals surface area contributed by atoms with Crippen LogP contribution in [0.1, 0.15) is 38.1 Å². The molecular weight excluding hydrogens is 266 g/mol. The number of hydrogen-bond acceptors (Lipinski definition) is 4. The van der Waals surface area contributed by atoms with Crippen molar-refractivity contribution in [1.82, 2.24) is 4.90 Å². The van der Waals surface area contributed by atoms with Gasteiger partial charge in [-0.05, 0) is 45.9 Å². The summed E-state index contributed by atoms with van der Waals surface area (Å²) in [5.41, 5.74) is 7.29. The van der Waals surface area contributed by atoms with Crippen molar-refractivity contribution < 1.29 is 9.59 Å². The van der Waals surface area contributed by atoms with Crippen LogP contribution < -0.4 is 10.6 Å². The number of anilines is 2. The monoisotopic (exact) mass is 289 g/mol. The maximum Gasteiger partial charge on any atom is 0.299 e. The van der Waals surface area contributed by atoms with Gasteiger partial charge in [0, 0.05) is 30.9 Å². The molecule has 1 amide bonds. The summed E-state index contributed by atoms with van der Waals surface area (Å²) < 4.78 is 0. The molecule has 114 valence electrons. The fourth-order valence-corrected chi connectivity index (χ4v) is 2.87. The Morgan fingerprint density at radius 3 is 2.33 bits per heavy atom. The average molecular weight is 289 g/mol. The lowest BCUT2D eigenvalue weighted by Crippen LogP contribution is -2.43. The van der Waals surface area contributed by atoms with E-state index < -0.39 is 11.7 Å². The number of amides is 1. The van der Waals surface area contributed by atoms with Crippen molar-refractivity contribution in [2.75, 3.05) is 23.7 Å². The summed E-state index contributed by atoms with van der Waals surface area (Å²) in [7, 11) is 0. The van der Waals surface area contributed by atoms with Gasteiger partial charge in [0.15, 0.2) is 0 Å². The number of nitrogens with zero attached hydrogens (tertiary/aromatic N) is 2. The van der Waals surface area contributed by atoms with Crippen LogP contribution in [0.3, 0.4) is 0 Å². The summed E-state index contributed by atoms with van der Waals surface area (Å²) >= 11 is 0. The van der Waals surface area contributed by atoms with Crippen molar-refractivity contribution in [2.24, 2.45) is 0 Å². The zero-order chi connectivity index (χ0) is 15.7. The van der Waals surface area contributed by atoms with Gasteiger partial charge in [0.2, 0.25) is 0 Å². The minimum atomic E-state index is -0.460. The molecule has 0 unspecified atom stereocenters. The molecule has 0 radical (unpaired) electrons. The van der Waals surface area contributed by atoms with E-state index >= 15 is 0 Å². The molecular formula is C16H23N3O2. The number of carbonyl (C=O) groups excluding carboxylic acids is 2. The predicted molar refractivity (Wildman–Crippen MR) is 84.5 cm³/mol. The Bertz CT molecular complexity index is 559. The number of Topliss-reactive ketones (excluding diaryl/α,β-unsaturated/α-hetero) is 1. The fourth-order valence-electron chi connectivity index (χ4n) is 2.87. The molecule has 0 bridgehead atoms. The van der Waals surface area contributed by atoms with Crippen LogP contribution in [0.2, 0.25) is 0 Å². The minimum Gasteiger partial charge on any atom is -0.399 e. The number of nitrogen functional groups attached to an aromatic ring is 1. The van der Waals surface area contributed by atoms with Crippen molar-refractivity contribution >= 4 is 23.1 Å². The topological polar surface area (TPSA) is 66.6 Å². The van der Waals surface area contributed by atoms with Crippen LogP contribution in [0.4, 0.5) is 11.4 Å². The van der Waals surface area contributed by atoms with E-state index in [0.29, 0.717) is 35.6 Å². The first-order chi connectivity index (χ1) is 9.82. The van der Waals surface area contributed by atoms with Gasteiger partial charge in [0.05, 0.1) is 11.3 Å². The highest BCUT2D eigenvalue weighted by atomic mass is 16.2. The molecule has 0 saturated heterocycles. The Morgan fingerprint density at radius 1 is 1.14 bits per heavy atom. The van der Waals surface area contributed by atoms with E-state index in [1.165, 1.54) is 0 Å². The molecule has 0 aliphatic carbocycles. The van der Waals surface area contributed by atoms with Crippen molar-refractivity contribution in [3.05, 3.63) is 23.8 Å². The number of fused-ring (bicyclic) bond motifs is 1. The van der Waals surface area contributed by atoms with E-state index in [4.69, 9.17) is 5.73 Å². The molecule has 21 heavy (non-hydrogen) atoms. The van der Waals surface area contributed by atoms with Gasteiger partial charge in [0.1, 0.15) is 0 Å². The van der Waals surface area contributed by atoms with Gasteiger partial charge in [-0.15, -0.1) is 0 Å². The van der Waals surface area contributed by atoms with Crippen molar-refractivity contribution in [1.29, 1.82) is 0 Å². The molecule has 1 aliphatic rings. The third-order valence-corrected chi connectivity index (χ3v) is 3.90. The second-order valence-electron chi connectivity index (χ2n) is 5.99. The molecule has 1 aromatic carbocycles. The zero-order valence-electron chi connectivity index (χ0n) is 13.1. The van der Waals surface area contributed by atoms with Crippen LogP contribution in [0.5, 0.6) is 0 Å². The lowest BCUT2D eigenvalue weighted by Gasteiger charge is -2.32. The maximum atomic E-state index is 12.1. The van der Waals surface area contributed by atoms with Crippen LogP contribution in [0, 0.1) is 0 Å². The second-order valence-corrected chi connectivity index (χ2v) is 5.99. The van der Waals surface area contributed by atoms with Crippen LogP contribution in [-0.4, -0.2) is 41.8 Å². The van der Waals surface area contributed by atoms with Crippen LogP contribution >= 0.6 is 0 Å². The highest BCUT2D eigenvalue weighted by molar-refractivity contribution is 6.52. The minimum absolute atomic E-state index is 0.393. The molecule has 0 fully saturated rings. The Morgan fingerprint density at radius 2 is 1.76 bits per heavy atom. The Hall–Kier alpha value is -1.88. The fraction of sp³-hybridized carbons (Fsp3) is 0.500. The molecule has 0 atom stereocenters. The predicted octanol–water partition coefficient (Wildman–Crippen LogP) is 1.92. The van der Waals surface area contributed by atoms with Crippen LogP contribution in [0.25, 0.3) is 0 Å². The van der Waals surface area contributed by atoms with Gasteiger partial charge in [-0.3, -0.25) is 14.5 Å². The Kier molecular flexibility index (Phi) is 4.32. The van der Waals surface area contributed by atoms with Gasteiger partial charge >= 0.3 is 0 Å². The zero-order valence-corrected chi connectivity index (χ0v) is 13.1. The molecule has 1 heterocycles. The smallest absolute Gasteiger partial charge is 0.299 e. The highest BCUT2D eigenvalue weighted by Crippen LogP contribution is 2.30. The molecule has 2 N–H and O–H groups in total. The summed E-state index contributed by atoms with van der Waals surface area (Å²) in [6.45, 7) is 9.77. The Labute approximate surface area is 125 Å².